The molecule has 1 aliphatic heterocycles. The number of likely N-dealkylation sites (tertiary alicyclic amines) is 1. The standard InChI is InChI=1S/C21H23N5O3/c1-15-16(20(28)24-11-4-5-12-24)7-6-8-17(15)22-19(27)10-14-26-21(29)25-13-3-2-9-18(25)23-26/h2-3,6-9,13H,4-5,10-12,14H2,1H3,(H,22,27). The first kappa shape index (κ1) is 18.9. The number of aryl methyl sites for hydroxylation is 1. The number of hydrogen-bond acceptors (Lipinski definition) is 4. The topological polar surface area (TPSA) is 88.7 Å². The maximum absolute atomic E-state index is 12.7. The third-order valence-electron chi connectivity index (χ3n) is 5.27. The van der Waals surface area contributed by atoms with Crippen LogP contribution in [0.5, 0.6) is 0 Å². The van der Waals surface area contributed by atoms with Crippen molar-refractivity contribution in [3.05, 3.63) is 64.2 Å². The fraction of sp³-hybridized carbons (Fsp3) is 0.333. The number of nitrogens with one attached hydrogen (secondary N) is 1. The van der Waals surface area contributed by atoms with Crippen LogP contribution in [-0.4, -0.2) is 44.0 Å². The largest absolute Gasteiger partial charge is 0.350 e. The molecule has 0 unspecified atom stereocenters. The number of hydrogen-bond donors (Lipinski definition) is 1. The summed E-state index contributed by atoms with van der Waals surface area (Å²) in [5.74, 6) is -0.227. The summed E-state index contributed by atoms with van der Waals surface area (Å²) in [5, 5.41) is 7.09. The number of fused-ring (bicyclic) bond motifs is 1. The van der Waals surface area contributed by atoms with Gasteiger partial charge in [-0.3, -0.25) is 14.0 Å². The molecule has 2 aromatic heterocycles. The lowest BCUT2D eigenvalue weighted by atomic mass is 10.1. The van der Waals surface area contributed by atoms with Crippen LogP contribution < -0.4 is 11.0 Å². The Bertz CT molecular complexity index is 1120. The Kier molecular flexibility index (Phi) is 5.16. The number of pyridine rings is 1. The molecular weight excluding hydrogens is 370 g/mol. The first-order chi connectivity index (χ1) is 14.0. The molecule has 1 fully saturated rings. The number of rotatable bonds is 5. The minimum absolute atomic E-state index is 0.00681. The lowest BCUT2D eigenvalue weighted by Crippen LogP contribution is -2.28. The summed E-state index contributed by atoms with van der Waals surface area (Å²) < 4.78 is 2.73. The van der Waals surface area contributed by atoms with E-state index in [2.05, 4.69) is 10.4 Å². The van der Waals surface area contributed by atoms with Gasteiger partial charge in [0.05, 0.1) is 6.54 Å². The zero-order valence-electron chi connectivity index (χ0n) is 16.3. The summed E-state index contributed by atoms with van der Waals surface area (Å²) in [5.41, 5.74) is 2.25. The van der Waals surface area contributed by atoms with E-state index in [1.165, 1.54) is 9.08 Å². The first-order valence-corrected chi connectivity index (χ1v) is 9.77. The molecule has 0 saturated carbocycles. The van der Waals surface area contributed by atoms with Crippen molar-refractivity contribution < 1.29 is 9.59 Å². The van der Waals surface area contributed by atoms with Crippen molar-refractivity contribution in [2.45, 2.75) is 32.7 Å². The second kappa shape index (κ2) is 7.90. The van der Waals surface area contributed by atoms with Crippen LogP contribution in [0.4, 0.5) is 5.69 Å². The molecule has 4 rings (SSSR count). The van der Waals surface area contributed by atoms with Gasteiger partial charge in [-0.05, 0) is 49.6 Å². The van der Waals surface area contributed by atoms with E-state index >= 15 is 0 Å². The van der Waals surface area contributed by atoms with E-state index in [4.69, 9.17) is 0 Å². The quantitative estimate of drug-likeness (QED) is 0.719. The predicted octanol–water partition coefficient (Wildman–Crippen LogP) is 2.07. The van der Waals surface area contributed by atoms with Crippen LogP contribution >= 0.6 is 0 Å². The third-order valence-corrected chi connectivity index (χ3v) is 5.27. The highest BCUT2D eigenvalue weighted by Gasteiger charge is 2.22. The van der Waals surface area contributed by atoms with E-state index in [0.29, 0.717) is 16.9 Å². The summed E-state index contributed by atoms with van der Waals surface area (Å²) in [6, 6.07) is 10.7. The van der Waals surface area contributed by atoms with Gasteiger partial charge in [0.2, 0.25) is 5.91 Å². The summed E-state index contributed by atoms with van der Waals surface area (Å²) >= 11 is 0. The van der Waals surface area contributed by atoms with Crippen LogP contribution in [0, 0.1) is 6.92 Å². The Balaban J connectivity index is 1.44. The fourth-order valence-corrected chi connectivity index (χ4v) is 3.63. The van der Waals surface area contributed by atoms with Gasteiger partial charge in [0.15, 0.2) is 5.65 Å². The Morgan fingerprint density at radius 1 is 1.10 bits per heavy atom. The molecule has 0 spiro atoms. The molecule has 3 heterocycles. The van der Waals surface area contributed by atoms with Crippen molar-refractivity contribution in [1.82, 2.24) is 19.1 Å². The molecular formula is C21H23N5O3. The second-order valence-corrected chi connectivity index (χ2v) is 7.21. The number of nitrogens with zero attached hydrogens (tertiary/aromatic N) is 4. The molecule has 1 N–H and O–H groups in total. The molecule has 8 nitrogen and oxygen atoms in total. The zero-order valence-corrected chi connectivity index (χ0v) is 16.3. The van der Waals surface area contributed by atoms with Crippen LogP contribution in [0.1, 0.15) is 35.2 Å². The SMILES string of the molecule is Cc1c(NC(=O)CCn2nc3ccccn3c2=O)cccc1C(=O)N1CCCC1. The lowest BCUT2D eigenvalue weighted by Gasteiger charge is -2.18. The smallest absolute Gasteiger partial charge is 0.339 e. The number of benzene rings is 1. The first-order valence-electron chi connectivity index (χ1n) is 9.77. The Hall–Kier alpha value is -3.42. The van der Waals surface area contributed by atoms with Gasteiger partial charge in [-0.2, -0.15) is 0 Å². The molecule has 3 aromatic rings. The van der Waals surface area contributed by atoms with Crippen molar-refractivity contribution in [3.63, 3.8) is 0 Å². The van der Waals surface area contributed by atoms with Crippen molar-refractivity contribution in [3.8, 4) is 0 Å². The van der Waals surface area contributed by atoms with Gasteiger partial charge in [0.1, 0.15) is 0 Å². The lowest BCUT2D eigenvalue weighted by molar-refractivity contribution is -0.116. The van der Waals surface area contributed by atoms with E-state index in [9.17, 15) is 14.4 Å². The predicted molar refractivity (Wildman–Crippen MR) is 109 cm³/mol. The second-order valence-electron chi connectivity index (χ2n) is 7.21. The zero-order chi connectivity index (χ0) is 20.4. The number of carbonyl (C=O) groups excluding carboxylic acids is 2. The highest BCUT2D eigenvalue weighted by molar-refractivity contribution is 5.99. The van der Waals surface area contributed by atoms with E-state index in [-0.39, 0.29) is 30.5 Å². The van der Waals surface area contributed by atoms with Crippen LogP contribution in [0.15, 0.2) is 47.4 Å². The highest BCUT2D eigenvalue weighted by atomic mass is 16.2. The molecule has 0 radical (unpaired) electrons. The van der Waals surface area contributed by atoms with E-state index in [1.807, 2.05) is 11.8 Å². The number of anilines is 1. The molecule has 1 aliphatic rings. The van der Waals surface area contributed by atoms with Gasteiger partial charge in [-0.25, -0.2) is 9.48 Å². The van der Waals surface area contributed by atoms with Gasteiger partial charge in [-0.1, -0.05) is 12.1 Å². The third kappa shape index (κ3) is 3.78. The van der Waals surface area contributed by atoms with Gasteiger partial charge in [-0.15, -0.1) is 5.10 Å². The van der Waals surface area contributed by atoms with Crippen molar-refractivity contribution >= 4 is 23.1 Å². The Morgan fingerprint density at radius 3 is 2.66 bits per heavy atom. The number of carbonyl (C=O) groups is 2. The van der Waals surface area contributed by atoms with Crippen LogP contribution in [0.3, 0.4) is 0 Å². The average Bonchev–Trinajstić information content (AvgIpc) is 3.36. The van der Waals surface area contributed by atoms with Crippen molar-refractivity contribution in [2.24, 2.45) is 0 Å². The molecule has 29 heavy (non-hydrogen) atoms. The Labute approximate surface area is 167 Å². The molecule has 150 valence electrons. The van der Waals surface area contributed by atoms with Crippen LogP contribution in [0.2, 0.25) is 0 Å². The van der Waals surface area contributed by atoms with Gasteiger partial charge in [0.25, 0.3) is 5.91 Å². The van der Waals surface area contributed by atoms with E-state index in [1.54, 1.807) is 42.6 Å². The van der Waals surface area contributed by atoms with Crippen molar-refractivity contribution in [2.75, 3.05) is 18.4 Å². The van der Waals surface area contributed by atoms with Crippen LogP contribution in [0.25, 0.3) is 5.65 Å². The van der Waals surface area contributed by atoms with E-state index in [0.717, 1.165) is 31.5 Å². The monoisotopic (exact) mass is 393 g/mol. The average molecular weight is 393 g/mol. The summed E-state index contributed by atoms with van der Waals surface area (Å²) in [6.07, 6.45) is 3.81. The fourth-order valence-electron chi connectivity index (χ4n) is 3.63. The maximum atomic E-state index is 12.7. The maximum Gasteiger partial charge on any atom is 0.350 e. The molecule has 1 saturated heterocycles. The van der Waals surface area contributed by atoms with Gasteiger partial charge in [0, 0.05) is 37.0 Å². The molecule has 2 amide bonds. The van der Waals surface area contributed by atoms with Gasteiger partial charge < -0.3 is 10.2 Å². The Morgan fingerprint density at radius 2 is 1.90 bits per heavy atom. The molecule has 0 aliphatic carbocycles. The van der Waals surface area contributed by atoms with Crippen LogP contribution in [-0.2, 0) is 11.3 Å². The summed E-state index contributed by atoms with van der Waals surface area (Å²) in [4.78, 5) is 39.3. The number of aromatic nitrogens is 3. The van der Waals surface area contributed by atoms with E-state index < -0.39 is 0 Å². The summed E-state index contributed by atoms with van der Waals surface area (Å²) in [7, 11) is 0. The summed E-state index contributed by atoms with van der Waals surface area (Å²) in [6.45, 7) is 3.58. The molecule has 0 atom stereocenters. The molecule has 8 heteroatoms. The minimum atomic E-state index is -0.275. The minimum Gasteiger partial charge on any atom is -0.339 e. The number of amides is 2. The van der Waals surface area contributed by atoms with Crippen molar-refractivity contribution in [1.29, 1.82) is 0 Å². The molecule has 1 aromatic carbocycles. The van der Waals surface area contributed by atoms with Gasteiger partial charge >= 0.3 is 5.69 Å². The normalized spacial score (nSPS) is 13.8. The molecule has 0 bridgehead atoms. The highest BCUT2D eigenvalue weighted by Crippen LogP contribution is 2.22.